The van der Waals surface area contributed by atoms with Gasteiger partial charge < -0.3 is 60.0 Å². The van der Waals surface area contributed by atoms with E-state index in [0.717, 1.165) is 22.5 Å². The van der Waals surface area contributed by atoms with Gasteiger partial charge in [-0.25, -0.2) is 33.7 Å². The van der Waals surface area contributed by atoms with Crippen LogP contribution in [-0.4, -0.2) is 103 Å². The number of imidazole rings is 1. The number of aromatic amines is 3. The van der Waals surface area contributed by atoms with Gasteiger partial charge in [-0.15, -0.1) is 0 Å². The minimum absolute atomic E-state index is 0.00161. The van der Waals surface area contributed by atoms with Crippen molar-refractivity contribution < 1.29 is 22.7 Å². The van der Waals surface area contributed by atoms with Gasteiger partial charge in [0.2, 0.25) is 27.1 Å². The van der Waals surface area contributed by atoms with Crippen LogP contribution in [0.15, 0.2) is 107 Å². The molecule has 12 aromatic heterocycles. The van der Waals surface area contributed by atoms with Crippen molar-refractivity contribution in [1.82, 2.24) is 84.3 Å². The summed E-state index contributed by atoms with van der Waals surface area (Å²) in [5.74, 6) is 3.07. The Hall–Kier alpha value is -8.89. The van der Waals surface area contributed by atoms with Gasteiger partial charge in [0.15, 0.2) is 23.1 Å². The summed E-state index contributed by atoms with van der Waals surface area (Å²) in [5.41, 5.74) is 4.23. The number of nitrogens with one attached hydrogen (secondary N) is 8. The number of rotatable bonds is 15. The molecule has 31 heteroatoms. The number of halogens is 6. The number of hydrogen-bond donors (Lipinski definition) is 9. The first-order chi connectivity index (χ1) is 37.5. The van der Waals surface area contributed by atoms with Gasteiger partial charge in [0.1, 0.15) is 64.1 Å². The van der Waals surface area contributed by atoms with Crippen molar-refractivity contribution in [3.05, 3.63) is 154 Å². The van der Waals surface area contributed by atoms with Crippen LogP contribution in [0.4, 0.5) is 38.0 Å². The number of fused-ring (bicyclic) bond motifs is 4. The minimum atomic E-state index is -0.475. The predicted octanol–water partition coefficient (Wildman–Crippen LogP) is 8.84. The summed E-state index contributed by atoms with van der Waals surface area (Å²) in [7, 11) is 1.77. The molecule has 0 aromatic carbocycles. The standard InChI is InChI=1S/C13H12ClFN4O2.C11H8ClFN6.C11H11ClN6O.C11H9ClN6/c14-13-17-11(16-6-8-2-1-5-21-8)10-9(15)7-19(3-4-20)12(10)18-13;12-11-18-9(8-7(13)4-16-10(8)19-11)15-3-6-1-2-14-5-17-6;1-13-11-15-7-8(14-5-6-3-2-4-19-6)16-10(12)17-9(7)18-11;12-11-17-9-8(2-4-14-9)10(18-11)15-5-7-1-3-13-6-16-7/h1-2,5,7,20H,3-4,6H2,(H,16,17,18);1-2,4-5H,3H2,(H2,15,16,18,19);2-4H,5H2,1H3,(H3,13,14,15,16,17,18);1-4,6H,5H2,(H2,14,15,17,18). The molecule has 0 fully saturated rings. The smallest absolute Gasteiger partial charge is 0.226 e. The zero-order chi connectivity index (χ0) is 53.7. The summed E-state index contributed by atoms with van der Waals surface area (Å²) in [5, 5.41) is 26.0. The summed E-state index contributed by atoms with van der Waals surface area (Å²) in [6.07, 6.45) is 13.7. The lowest BCUT2D eigenvalue weighted by molar-refractivity contribution is 0.277. The number of aromatic nitrogens is 17. The van der Waals surface area contributed by atoms with E-state index in [4.69, 9.17) is 60.3 Å². The number of H-pyrrole nitrogens is 3. The van der Waals surface area contributed by atoms with Crippen LogP contribution >= 0.6 is 46.4 Å². The number of anilines is 5. The molecule has 394 valence electrons. The molecule has 0 spiro atoms. The molecule has 0 unspecified atom stereocenters. The first-order valence-electron chi connectivity index (χ1n) is 22.7. The lowest BCUT2D eigenvalue weighted by atomic mass is 10.3. The van der Waals surface area contributed by atoms with Gasteiger partial charge in [0.25, 0.3) is 0 Å². The van der Waals surface area contributed by atoms with E-state index in [1.807, 2.05) is 24.3 Å². The lowest BCUT2D eigenvalue weighted by Gasteiger charge is -2.07. The van der Waals surface area contributed by atoms with Gasteiger partial charge in [0.05, 0.1) is 72.9 Å². The Balaban J connectivity index is 0.000000125. The zero-order valence-electron chi connectivity index (χ0n) is 39.8. The molecule has 0 aliphatic heterocycles. The number of furan rings is 2. The highest BCUT2D eigenvalue weighted by Crippen LogP contribution is 2.28. The van der Waals surface area contributed by atoms with E-state index in [-0.39, 0.29) is 50.9 Å². The fourth-order valence-electron chi connectivity index (χ4n) is 7.14. The number of nitrogens with zero attached hydrogens (tertiary/aromatic N) is 14. The number of aliphatic hydroxyl groups excluding tert-OH is 1. The molecule has 12 heterocycles. The Morgan fingerprint density at radius 3 is 1.83 bits per heavy atom. The molecule has 0 saturated carbocycles. The first-order valence-corrected chi connectivity index (χ1v) is 24.2. The van der Waals surface area contributed by atoms with Crippen molar-refractivity contribution in [1.29, 1.82) is 0 Å². The Bertz CT molecular complexity index is 3830. The maximum atomic E-state index is 14.1. The zero-order valence-corrected chi connectivity index (χ0v) is 42.8. The topological polar surface area (TPSA) is 327 Å². The third kappa shape index (κ3) is 13.5. The van der Waals surface area contributed by atoms with Crippen molar-refractivity contribution in [2.45, 2.75) is 32.7 Å². The monoisotopic (exact) mass is 1130 g/mol. The minimum Gasteiger partial charge on any atom is -0.467 e. The van der Waals surface area contributed by atoms with E-state index in [2.05, 4.69) is 106 Å². The second-order valence-electron chi connectivity index (χ2n) is 15.6. The largest absolute Gasteiger partial charge is 0.467 e. The van der Waals surface area contributed by atoms with E-state index < -0.39 is 11.6 Å². The molecule has 0 bridgehead atoms. The van der Waals surface area contributed by atoms with E-state index in [9.17, 15) is 8.78 Å². The third-order valence-corrected chi connectivity index (χ3v) is 11.2. The van der Waals surface area contributed by atoms with Gasteiger partial charge in [-0.05, 0) is 88.9 Å². The SMILES string of the molecule is CNc1nc2nc(Cl)nc(NCc3ccco3)c2[nH]1.Clc1nc(NCc2ccncn2)c2cc[nH]c2n1.Fc1c[nH]c2nc(Cl)nc(NCc3ccncn3)c12.OCCn1cc(F)c2c(NCc3ccco3)nc(Cl)nc21. The van der Waals surface area contributed by atoms with E-state index in [1.54, 1.807) is 56.4 Å². The summed E-state index contributed by atoms with van der Waals surface area (Å²) in [4.78, 5) is 61.3. The molecule has 0 amide bonds. The van der Waals surface area contributed by atoms with E-state index >= 15 is 0 Å². The van der Waals surface area contributed by atoms with Crippen molar-refractivity contribution in [2.75, 3.05) is 40.2 Å². The van der Waals surface area contributed by atoms with Gasteiger partial charge >= 0.3 is 0 Å². The fourth-order valence-corrected chi connectivity index (χ4v) is 7.81. The number of hydrogen-bond acceptors (Lipinski definition) is 21. The third-order valence-electron chi connectivity index (χ3n) is 10.6. The van der Waals surface area contributed by atoms with Gasteiger partial charge in [-0.2, -0.15) is 39.9 Å². The van der Waals surface area contributed by atoms with Crippen LogP contribution in [0.2, 0.25) is 21.1 Å². The van der Waals surface area contributed by atoms with Crippen molar-refractivity contribution in [2.24, 2.45) is 0 Å². The molecule has 77 heavy (non-hydrogen) atoms. The Labute approximate surface area is 452 Å². The van der Waals surface area contributed by atoms with Crippen molar-refractivity contribution in [3.8, 4) is 0 Å². The molecular weight excluding hydrogens is 1090 g/mol. The Morgan fingerprint density at radius 1 is 0.623 bits per heavy atom. The maximum absolute atomic E-state index is 14.1. The summed E-state index contributed by atoms with van der Waals surface area (Å²) < 4.78 is 39.7. The Morgan fingerprint density at radius 2 is 1.21 bits per heavy atom. The van der Waals surface area contributed by atoms with Crippen molar-refractivity contribution in [3.63, 3.8) is 0 Å². The highest BCUT2D eigenvalue weighted by atomic mass is 35.5. The molecule has 12 rings (SSSR count). The second kappa shape index (κ2) is 25.1. The summed E-state index contributed by atoms with van der Waals surface area (Å²) in [6.45, 7) is 1.89. The average Bonchev–Trinajstić information content (AvgIpc) is 4.33. The molecular formula is C46H40Cl4F2N22O3. The quantitative estimate of drug-likeness (QED) is 0.0433. The number of aliphatic hydroxyl groups is 1. The summed E-state index contributed by atoms with van der Waals surface area (Å²) >= 11 is 23.4. The average molecular weight is 1130 g/mol. The predicted molar refractivity (Wildman–Crippen MR) is 284 cm³/mol. The lowest BCUT2D eigenvalue weighted by Crippen LogP contribution is -2.05. The van der Waals surface area contributed by atoms with Crippen LogP contribution in [0.1, 0.15) is 22.9 Å². The van der Waals surface area contributed by atoms with E-state index in [0.29, 0.717) is 83.4 Å². The Kier molecular flexibility index (Phi) is 17.3. The molecule has 0 aliphatic carbocycles. The second-order valence-corrected chi connectivity index (χ2v) is 16.9. The molecule has 0 saturated heterocycles. The molecule has 0 aliphatic rings. The highest BCUT2D eigenvalue weighted by molar-refractivity contribution is 6.29. The van der Waals surface area contributed by atoms with Crippen LogP contribution in [-0.2, 0) is 32.7 Å². The molecule has 0 radical (unpaired) electrons. The molecule has 0 atom stereocenters. The van der Waals surface area contributed by atoms with Crippen LogP contribution in [0, 0.1) is 11.6 Å². The van der Waals surface area contributed by atoms with Crippen molar-refractivity contribution >= 4 is 120 Å². The van der Waals surface area contributed by atoms with Gasteiger partial charge in [-0.3, -0.25) is 0 Å². The normalized spacial score (nSPS) is 10.9. The molecule has 9 N–H and O–H groups in total. The highest BCUT2D eigenvalue weighted by Gasteiger charge is 2.18. The maximum Gasteiger partial charge on any atom is 0.226 e. The van der Waals surface area contributed by atoms with Crippen LogP contribution in [0.5, 0.6) is 0 Å². The van der Waals surface area contributed by atoms with Crippen LogP contribution in [0.25, 0.3) is 44.3 Å². The fraction of sp³-hybridized carbons (Fsp3) is 0.152. The van der Waals surface area contributed by atoms with Crippen LogP contribution in [0.3, 0.4) is 0 Å². The van der Waals surface area contributed by atoms with Crippen LogP contribution < -0.4 is 26.6 Å². The molecule has 12 aromatic rings. The van der Waals surface area contributed by atoms with E-state index in [1.165, 1.54) is 29.6 Å². The van der Waals surface area contributed by atoms with Gasteiger partial charge in [-0.1, -0.05) is 0 Å². The first kappa shape index (κ1) is 53.0. The van der Waals surface area contributed by atoms with Gasteiger partial charge in [0, 0.05) is 44.6 Å². The molecule has 25 nitrogen and oxygen atoms in total. The summed E-state index contributed by atoms with van der Waals surface area (Å²) in [6, 6.07) is 12.7.